The van der Waals surface area contributed by atoms with Crippen molar-refractivity contribution in [3.8, 4) is 0 Å². The molecule has 5 nitrogen and oxygen atoms in total. The largest absolute Gasteiger partial charge is 0.481 e. The number of rotatable bonds is 3. The summed E-state index contributed by atoms with van der Waals surface area (Å²) in [5.41, 5.74) is 0. The van der Waals surface area contributed by atoms with E-state index in [0.717, 1.165) is 13.1 Å². The third-order valence-corrected chi connectivity index (χ3v) is 2.56. The number of nitrogens with zero attached hydrogens (tertiary/aromatic N) is 2. The molecular formula is C8H14N2O3S. The predicted octanol–water partition coefficient (Wildman–Crippen LogP) is -0.160. The molecule has 0 aromatic heterocycles. The summed E-state index contributed by atoms with van der Waals surface area (Å²) in [5.74, 6) is -1.000. The van der Waals surface area contributed by atoms with Crippen LogP contribution in [0.4, 0.5) is 0 Å². The molecule has 0 aromatic carbocycles. The van der Waals surface area contributed by atoms with Gasteiger partial charge in [-0.3, -0.25) is 9.59 Å². The molecule has 0 bridgehead atoms. The van der Waals surface area contributed by atoms with Gasteiger partial charge in [-0.1, -0.05) is 12.8 Å². The van der Waals surface area contributed by atoms with Gasteiger partial charge in [0.25, 0.3) is 0 Å². The molecule has 1 aliphatic rings. The van der Waals surface area contributed by atoms with Gasteiger partial charge < -0.3 is 10.0 Å². The lowest BCUT2D eigenvalue weighted by atomic mass is 10.2. The second kappa shape index (κ2) is 5.21. The molecule has 0 aliphatic carbocycles. The summed E-state index contributed by atoms with van der Waals surface area (Å²) in [6, 6.07) is 0. The molecule has 1 saturated heterocycles. The molecule has 6 heteroatoms. The SMILES string of the molecule is O=C(O)CCC(=O)N1CCN(S)CC1. The third-order valence-electron chi connectivity index (χ3n) is 2.16. The lowest BCUT2D eigenvalue weighted by molar-refractivity contribution is -0.141. The van der Waals surface area contributed by atoms with Crippen LogP contribution in [0, 0.1) is 0 Å². The Morgan fingerprint density at radius 1 is 1.14 bits per heavy atom. The van der Waals surface area contributed by atoms with Crippen molar-refractivity contribution >= 4 is 24.7 Å². The van der Waals surface area contributed by atoms with E-state index in [2.05, 4.69) is 12.8 Å². The quantitative estimate of drug-likeness (QED) is 0.646. The monoisotopic (exact) mass is 218 g/mol. The van der Waals surface area contributed by atoms with Crippen LogP contribution in [0.25, 0.3) is 0 Å². The molecule has 1 aliphatic heterocycles. The first kappa shape index (κ1) is 11.3. The number of aliphatic carboxylic acids is 1. The molecule has 1 heterocycles. The maximum Gasteiger partial charge on any atom is 0.303 e. The summed E-state index contributed by atoms with van der Waals surface area (Å²) < 4.78 is 1.85. The maximum atomic E-state index is 11.4. The molecule has 1 amide bonds. The first-order valence-electron chi connectivity index (χ1n) is 4.53. The number of carboxylic acids is 1. The molecule has 1 rings (SSSR count). The van der Waals surface area contributed by atoms with Crippen LogP contribution in [-0.2, 0) is 9.59 Å². The maximum absolute atomic E-state index is 11.4. The fourth-order valence-corrected chi connectivity index (χ4v) is 1.50. The van der Waals surface area contributed by atoms with E-state index >= 15 is 0 Å². The Morgan fingerprint density at radius 2 is 1.71 bits per heavy atom. The van der Waals surface area contributed by atoms with E-state index in [4.69, 9.17) is 5.11 Å². The predicted molar refractivity (Wildman–Crippen MR) is 54.0 cm³/mol. The van der Waals surface area contributed by atoms with Crippen molar-refractivity contribution in [2.75, 3.05) is 26.2 Å². The van der Waals surface area contributed by atoms with Gasteiger partial charge in [-0.05, 0) is 0 Å². The molecule has 0 radical (unpaired) electrons. The van der Waals surface area contributed by atoms with Gasteiger partial charge in [0.05, 0.1) is 6.42 Å². The van der Waals surface area contributed by atoms with E-state index in [1.54, 1.807) is 4.90 Å². The van der Waals surface area contributed by atoms with E-state index in [1.807, 2.05) is 4.31 Å². The Bertz CT molecular complexity index is 227. The summed E-state index contributed by atoms with van der Waals surface area (Å²) in [7, 11) is 0. The van der Waals surface area contributed by atoms with E-state index < -0.39 is 5.97 Å². The summed E-state index contributed by atoms with van der Waals surface area (Å²) in [6.07, 6.45) is 0.0157. The molecule has 0 unspecified atom stereocenters. The number of carbonyl (C=O) groups is 2. The van der Waals surface area contributed by atoms with Crippen LogP contribution in [0.5, 0.6) is 0 Å². The molecule has 14 heavy (non-hydrogen) atoms. The van der Waals surface area contributed by atoms with Crippen molar-refractivity contribution in [3.05, 3.63) is 0 Å². The zero-order chi connectivity index (χ0) is 10.6. The minimum absolute atomic E-state index is 0.0752. The average Bonchev–Trinajstić information content (AvgIpc) is 2.15. The van der Waals surface area contributed by atoms with Crippen LogP contribution >= 0.6 is 12.8 Å². The van der Waals surface area contributed by atoms with Crippen molar-refractivity contribution in [1.82, 2.24) is 9.21 Å². The number of carbonyl (C=O) groups excluding carboxylic acids is 1. The Morgan fingerprint density at radius 3 is 2.21 bits per heavy atom. The molecule has 1 fully saturated rings. The van der Waals surface area contributed by atoms with Crippen molar-refractivity contribution < 1.29 is 14.7 Å². The highest BCUT2D eigenvalue weighted by Crippen LogP contribution is 2.06. The normalized spacial score (nSPS) is 18.2. The highest BCUT2D eigenvalue weighted by Gasteiger charge is 2.19. The van der Waals surface area contributed by atoms with E-state index in [9.17, 15) is 9.59 Å². The standard InChI is InChI=1S/C8H14N2O3S/c11-7(1-2-8(12)13)9-3-5-10(14)6-4-9/h14H,1-6H2,(H,12,13). The third kappa shape index (κ3) is 3.55. The molecule has 0 atom stereocenters. The first-order valence-corrected chi connectivity index (χ1v) is 4.93. The van der Waals surface area contributed by atoms with Gasteiger partial charge in [0.15, 0.2) is 0 Å². The van der Waals surface area contributed by atoms with Crippen LogP contribution < -0.4 is 0 Å². The minimum atomic E-state index is -0.925. The topological polar surface area (TPSA) is 60.9 Å². The highest BCUT2D eigenvalue weighted by molar-refractivity contribution is 7.77. The Hall–Kier alpha value is -0.750. The van der Waals surface area contributed by atoms with Gasteiger partial charge in [-0.25, -0.2) is 4.31 Å². The molecule has 80 valence electrons. The highest BCUT2D eigenvalue weighted by atomic mass is 32.1. The Balaban J connectivity index is 2.27. The van der Waals surface area contributed by atoms with E-state index in [0.29, 0.717) is 13.1 Å². The molecule has 0 saturated carbocycles. The van der Waals surface area contributed by atoms with Crippen LogP contribution in [0.2, 0.25) is 0 Å². The number of hydrogen-bond acceptors (Lipinski definition) is 4. The van der Waals surface area contributed by atoms with Gasteiger partial charge >= 0.3 is 5.97 Å². The fourth-order valence-electron chi connectivity index (χ4n) is 1.32. The zero-order valence-electron chi connectivity index (χ0n) is 7.85. The van der Waals surface area contributed by atoms with Crippen molar-refractivity contribution in [3.63, 3.8) is 0 Å². The van der Waals surface area contributed by atoms with Crippen LogP contribution in [0.1, 0.15) is 12.8 Å². The zero-order valence-corrected chi connectivity index (χ0v) is 8.74. The Labute approximate surface area is 88.2 Å². The van der Waals surface area contributed by atoms with Gasteiger partial charge in [-0.2, -0.15) is 0 Å². The molecule has 1 N–H and O–H groups in total. The van der Waals surface area contributed by atoms with Gasteiger partial charge in [0, 0.05) is 32.6 Å². The first-order chi connectivity index (χ1) is 6.59. The van der Waals surface area contributed by atoms with Crippen molar-refractivity contribution in [1.29, 1.82) is 0 Å². The smallest absolute Gasteiger partial charge is 0.303 e. The molecule has 0 aromatic rings. The van der Waals surface area contributed by atoms with Crippen LogP contribution in [0.3, 0.4) is 0 Å². The van der Waals surface area contributed by atoms with Crippen molar-refractivity contribution in [2.45, 2.75) is 12.8 Å². The average molecular weight is 218 g/mol. The van der Waals surface area contributed by atoms with Crippen LogP contribution in [0.15, 0.2) is 0 Å². The molecule has 0 spiro atoms. The minimum Gasteiger partial charge on any atom is -0.481 e. The van der Waals surface area contributed by atoms with E-state index in [1.165, 1.54) is 0 Å². The Kier molecular flexibility index (Phi) is 4.21. The number of piperazine rings is 1. The molecular weight excluding hydrogens is 204 g/mol. The second-order valence-corrected chi connectivity index (χ2v) is 3.79. The number of hydrogen-bond donors (Lipinski definition) is 2. The second-order valence-electron chi connectivity index (χ2n) is 3.23. The van der Waals surface area contributed by atoms with Crippen molar-refractivity contribution in [2.24, 2.45) is 0 Å². The number of thiol groups is 1. The summed E-state index contributed by atoms with van der Waals surface area (Å²) in [4.78, 5) is 23.4. The van der Waals surface area contributed by atoms with Crippen LogP contribution in [-0.4, -0.2) is 52.4 Å². The number of amides is 1. The van der Waals surface area contributed by atoms with Gasteiger partial charge in [0.1, 0.15) is 0 Å². The fraction of sp³-hybridized carbons (Fsp3) is 0.750. The lowest BCUT2D eigenvalue weighted by Crippen LogP contribution is -2.45. The summed E-state index contributed by atoms with van der Waals surface area (Å²) >= 11 is 4.16. The summed E-state index contributed by atoms with van der Waals surface area (Å²) in [5, 5.41) is 8.41. The van der Waals surface area contributed by atoms with Gasteiger partial charge in [0.2, 0.25) is 5.91 Å². The van der Waals surface area contributed by atoms with E-state index in [-0.39, 0.29) is 18.7 Å². The summed E-state index contributed by atoms with van der Waals surface area (Å²) in [6.45, 7) is 2.76. The van der Waals surface area contributed by atoms with Gasteiger partial charge in [-0.15, -0.1) is 0 Å². The number of carboxylic acid groups (broad SMARTS) is 1. The lowest BCUT2D eigenvalue weighted by Gasteiger charge is -2.31.